The number of nitrogens with one attached hydrogen (secondary N) is 1. The van der Waals surface area contributed by atoms with Gasteiger partial charge in [0.15, 0.2) is 0 Å². The molecule has 1 amide bonds. The van der Waals surface area contributed by atoms with Crippen molar-refractivity contribution in [2.75, 3.05) is 6.54 Å². The van der Waals surface area contributed by atoms with Crippen LogP contribution in [-0.4, -0.2) is 17.6 Å². The number of aliphatic hydroxyl groups excluding tert-OH is 1. The topological polar surface area (TPSA) is 49.3 Å². The number of amides is 1. The van der Waals surface area contributed by atoms with E-state index in [0.717, 1.165) is 5.56 Å². The Kier molecular flexibility index (Phi) is 4.55. The SMILES string of the molecule is O=C(NC[C@H](O)c1ccccc1)c1ccc(Cl)cc1. The van der Waals surface area contributed by atoms with Crippen LogP contribution in [-0.2, 0) is 0 Å². The van der Waals surface area contributed by atoms with Gasteiger partial charge in [0.25, 0.3) is 5.91 Å². The normalized spacial score (nSPS) is 11.9. The van der Waals surface area contributed by atoms with Gasteiger partial charge >= 0.3 is 0 Å². The maximum absolute atomic E-state index is 11.8. The molecule has 0 radical (unpaired) electrons. The summed E-state index contributed by atoms with van der Waals surface area (Å²) in [6.07, 6.45) is -0.711. The van der Waals surface area contributed by atoms with Crippen LogP contribution in [0.4, 0.5) is 0 Å². The maximum Gasteiger partial charge on any atom is 0.251 e. The van der Waals surface area contributed by atoms with Gasteiger partial charge in [0.05, 0.1) is 6.10 Å². The van der Waals surface area contributed by atoms with Crippen LogP contribution >= 0.6 is 11.6 Å². The maximum atomic E-state index is 11.8. The summed E-state index contributed by atoms with van der Waals surface area (Å²) < 4.78 is 0. The van der Waals surface area contributed by atoms with Crippen LogP contribution in [0, 0.1) is 0 Å². The Morgan fingerprint density at radius 2 is 1.74 bits per heavy atom. The van der Waals surface area contributed by atoms with E-state index in [0.29, 0.717) is 10.6 Å². The van der Waals surface area contributed by atoms with Gasteiger partial charge in [-0.25, -0.2) is 0 Å². The molecule has 2 aromatic carbocycles. The molecule has 2 aromatic rings. The minimum absolute atomic E-state index is 0.172. The van der Waals surface area contributed by atoms with Crippen LogP contribution in [0.2, 0.25) is 5.02 Å². The highest BCUT2D eigenvalue weighted by Gasteiger charge is 2.10. The number of hydrogen-bond donors (Lipinski definition) is 2. The van der Waals surface area contributed by atoms with Gasteiger partial charge in [-0.2, -0.15) is 0 Å². The fraction of sp³-hybridized carbons (Fsp3) is 0.133. The summed E-state index contributed by atoms with van der Waals surface area (Å²) in [6, 6.07) is 15.8. The molecule has 0 aliphatic carbocycles. The summed E-state index contributed by atoms with van der Waals surface area (Å²) in [5.41, 5.74) is 1.29. The van der Waals surface area contributed by atoms with E-state index < -0.39 is 6.10 Å². The Balaban J connectivity index is 1.92. The fourth-order valence-electron chi connectivity index (χ4n) is 1.69. The highest BCUT2D eigenvalue weighted by Crippen LogP contribution is 2.12. The molecule has 3 nitrogen and oxygen atoms in total. The van der Waals surface area contributed by atoms with Crippen molar-refractivity contribution in [1.82, 2.24) is 5.32 Å². The highest BCUT2D eigenvalue weighted by atomic mass is 35.5. The third-order valence-corrected chi connectivity index (χ3v) is 3.00. The summed E-state index contributed by atoms with van der Waals surface area (Å²) in [4.78, 5) is 11.8. The first-order valence-electron chi connectivity index (χ1n) is 5.93. The molecule has 0 heterocycles. The van der Waals surface area contributed by atoms with E-state index >= 15 is 0 Å². The Hall–Kier alpha value is -1.84. The number of aliphatic hydroxyl groups is 1. The molecular weight excluding hydrogens is 262 g/mol. The molecule has 1 atom stereocenters. The standard InChI is InChI=1S/C15H14ClNO2/c16-13-8-6-12(7-9-13)15(19)17-10-14(18)11-4-2-1-3-5-11/h1-9,14,18H,10H2,(H,17,19)/t14-/m0/s1. The van der Waals surface area contributed by atoms with Crippen LogP contribution in [0.5, 0.6) is 0 Å². The van der Waals surface area contributed by atoms with Crippen molar-refractivity contribution in [3.8, 4) is 0 Å². The molecule has 0 fully saturated rings. The molecule has 0 saturated carbocycles. The second kappa shape index (κ2) is 6.36. The Morgan fingerprint density at radius 1 is 1.11 bits per heavy atom. The van der Waals surface area contributed by atoms with Gasteiger partial charge in [-0.15, -0.1) is 0 Å². The zero-order chi connectivity index (χ0) is 13.7. The van der Waals surface area contributed by atoms with Gasteiger partial charge in [0.1, 0.15) is 0 Å². The van der Waals surface area contributed by atoms with Crippen molar-refractivity contribution >= 4 is 17.5 Å². The Bertz CT molecular complexity index is 540. The predicted molar refractivity (Wildman–Crippen MR) is 75.2 cm³/mol. The Morgan fingerprint density at radius 3 is 2.37 bits per heavy atom. The molecule has 4 heteroatoms. The summed E-state index contributed by atoms with van der Waals surface area (Å²) in [5.74, 6) is -0.230. The van der Waals surface area contributed by atoms with Crippen molar-refractivity contribution < 1.29 is 9.90 Å². The second-order valence-corrected chi connectivity index (χ2v) is 4.58. The summed E-state index contributed by atoms with van der Waals surface area (Å²) in [6.45, 7) is 0.172. The lowest BCUT2D eigenvalue weighted by molar-refractivity contribution is 0.0916. The lowest BCUT2D eigenvalue weighted by Gasteiger charge is -2.12. The molecule has 0 aliphatic heterocycles. The van der Waals surface area contributed by atoms with Gasteiger partial charge in [0.2, 0.25) is 0 Å². The van der Waals surface area contributed by atoms with E-state index in [1.807, 2.05) is 30.3 Å². The molecule has 0 aliphatic rings. The van der Waals surface area contributed by atoms with Gasteiger partial charge in [-0.3, -0.25) is 4.79 Å². The van der Waals surface area contributed by atoms with Gasteiger partial charge < -0.3 is 10.4 Å². The van der Waals surface area contributed by atoms with Crippen molar-refractivity contribution in [2.45, 2.75) is 6.10 Å². The quantitative estimate of drug-likeness (QED) is 0.901. The number of carbonyl (C=O) groups is 1. The van der Waals surface area contributed by atoms with Gasteiger partial charge in [0, 0.05) is 17.1 Å². The van der Waals surface area contributed by atoms with Crippen molar-refractivity contribution in [1.29, 1.82) is 0 Å². The first-order valence-corrected chi connectivity index (χ1v) is 6.31. The molecule has 98 valence electrons. The van der Waals surface area contributed by atoms with Crippen LogP contribution < -0.4 is 5.32 Å². The van der Waals surface area contributed by atoms with Crippen LogP contribution in [0.1, 0.15) is 22.0 Å². The largest absolute Gasteiger partial charge is 0.387 e. The molecule has 2 N–H and O–H groups in total. The van der Waals surface area contributed by atoms with E-state index in [4.69, 9.17) is 11.6 Å². The average Bonchev–Trinajstić information content (AvgIpc) is 2.46. The number of hydrogen-bond acceptors (Lipinski definition) is 2. The smallest absolute Gasteiger partial charge is 0.251 e. The molecule has 19 heavy (non-hydrogen) atoms. The minimum atomic E-state index is -0.711. The first-order chi connectivity index (χ1) is 9.16. The van der Waals surface area contributed by atoms with E-state index in [-0.39, 0.29) is 12.5 Å². The number of halogens is 1. The predicted octanol–water partition coefficient (Wildman–Crippen LogP) is 2.80. The van der Waals surface area contributed by atoms with Crippen molar-refractivity contribution in [3.05, 3.63) is 70.7 Å². The Labute approximate surface area is 116 Å². The van der Waals surface area contributed by atoms with Gasteiger partial charge in [-0.05, 0) is 29.8 Å². The van der Waals surface area contributed by atoms with Crippen LogP contribution in [0.3, 0.4) is 0 Å². The van der Waals surface area contributed by atoms with Crippen molar-refractivity contribution in [2.24, 2.45) is 0 Å². The van der Waals surface area contributed by atoms with E-state index in [1.54, 1.807) is 24.3 Å². The summed E-state index contributed by atoms with van der Waals surface area (Å²) in [7, 11) is 0. The van der Waals surface area contributed by atoms with E-state index in [1.165, 1.54) is 0 Å². The zero-order valence-corrected chi connectivity index (χ0v) is 11.0. The molecule has 2 rings (SSSR count). The monoisotopic (exact) mass is 275 g/mol. The summed E-state index contributed by atoms with van der Waals surface area (Å²) in [5, 5.41) is 13.2. The summed E-state index contributed by atoms with van der Waals surface area (Å²) >= 11 is 5.75. The van der Waals surface area contributed by atoms with E-state index in [2.05, 4.69) is 5.32 Å². The third kappa shape index (κ3) is 3.81. The molecule has 0 unspecified atom stereocenters. The highest BCUT2D eigenvalue weighted by molar-refractivity contribution is 6.30. The lowest BCUT2D eigenvalue weighted by Crippen LogP contribution is -2.28. The van der Waals surface area contributed by atoms with E-state index in [9.17, 15) is 9.90 Å². The molecule has 0 aromatic heterocycles. The average molecular weight is 276 g/mol. The lowest BCUT2D eigenvalue weighted by atomic mass is 10.1. The van der Waals surface area contributed by atoms with Gasteiger partial charge in [-0.1, -0.05) is 41.9 Å². The molecule has 0 bridgehead atoms. The number of carbonyl (C=O) groups excluding carboxylic acids is 1. The van der Waals surface area contributed by atoms with Crippen molar-refractivity contribution in [3.63, 3.8) is 0 Å². The number of rotatable bonds is 4. The minimum Gasteiger partial charge on any atom is -0.387 e. The fourth-order valence-corrected chi connectivity index (χ4v) is 1.81. The molecule has 0 spiro atoms. The number of benzene rings is 2. The third-order valence-electron chi connectivity index (χ3n) is 2.75. The zero-order valence-electron chi connectivity index (χ0n) is 10.2. The van der Waals surface area contributed by atoms with Crippen LogP contribution in [0.25, 0.3) is 0 Å². The molecule has 0 saturated heterocycles. The second-order valence-electron chi connectivity index (χ2n) is 4.14. The molecular formula is C15H14ClNO2. The first kappa shape index (κ1) is 13.6. The van der Waals surface area contributed by atoms with Crippen LogP contribution in [0.15, 0.2) is 54.6 Å².